The van der Waals surface area contributed by atoms with Crippen molar-refractivity contribution in [2.75, 3.05) is 12.3 Å². The first-order chi connectivity index (χ1) is 23.3. The van der Waals surface area contributed by atoms with Gasteiger partial charge in [0.2, 0.25) is 17.6 Å². The van der Waals surface area contributed by atoms with Gasteiger partial charge in [0.25, 0.3) is 5.91 Å². The van der Waals surface area contributed by atoms with Crippen molar-refractivity contribution in [3.05, 3.63) is 0 Å². The Labute approximate surface area is 306 Å². The average Bonchev–Trinajstić information content (AvgIpc) is 3.48. The molecule has 12 nitrogen and oxygen atoms in total. The summed E-state index contributed by atoms with van der Waals surface area (Å²) in [5.74, 6) is -0.319. The molecule has 3 fully saturated rings. The molecule has 51 heavy (non-hydrogen) atoms. The molecule has 0 aromatic carbocycles. The Morgan fingerprint density at radius 3 is 2.02 bits per heavy atom. The van der Waals surface area contributed by atoms with E-state index < -0.39 is 78.6 Å². The molecule has 6 atom stereocenters. The minimum atomic E-state index is -3.58. The molecule has 5 amide bonds. The maximum Gasteiger partial charge on any atom is 0.315 e. The zero-order valence-corrected chi connectivity index (χ0v) is 33.3. The van der Waals surface area contributed by atoms with Crippen LogP contribution < -0.4 is 21.3 Å². The number of sulfone groups is 1. The van der Waals surface area contributed by atoms with Crippen molar-refractivity contribution < 1.29 is 32.4 Å². The van der Waals surface area contributed by atoms with Gasteiger partial charge in [-0.2, -0.15) is 0 Å². The second-order valence-corrected chi connectivity index (χ2v) is 21.1. The van der Waals surface area contributed by atoms with Crippen LogP contribution in [0, 0.1) is 35.0 Å². The summed E-state index contributed by atoms with van der Waals surface area (Å²) in [6, 6.07) is -3.94. The normalized spacial score (nSPS) is 24.8. The van der Waals surface area contributed by atoms with Crippen LogP contribution in [0.5, 0.6) is 0 Å². The van der Waals surface area contributed by atoms with E-state index >= 15 is 0 Å². The first-order valence-corrected chi connectivity index (χ1v) is 20.2. The fraction of sp³-hybridized carbons (Fsp3) is 0.816. The number of urea groups is 1. The molecular weight excluding hydrogens is 671 g/mol. The Kier molecular flexibility index (Phi) is 13.1. The summed E-state index contributed by atoms with van der Waals surface area (Å²) in [6.07, 6.45) is 10.5. The van der Waals surface area contributed by atoms with Gasteiger partial charge in [-0.1, -0.05) is 67.7 Å². The number of likely N-dealkylation sites (tertiary alicyclic amines) is 1. The zero-order valence-electron chi connectivity index (χ0n) is 32.5. The van der Waals surface area contributed by atoms with E-state index in [0.29, 0.717) is 19.3 Å². The van der Waals surface area contributed by atoms with E-state index in [1.54, 1.807) is 20.8 Å². The molecule has 0 aromatic rings. The maximum absolute atomic E-state index is 14.6. The van der Waals surface area contributed by atoms with Gasteiger partial charge in [-0.3, -0.25) is 19.2 Å². The van der Waals surface area contributed by atoms with Gasteiger partial charge in [-0.25, -0.2) is 13.2 Å². The summed E-state index contributed by atoms with van der Waals surface area (Å²) in [5.41, 5.74) is -2.18. The summed E-state index contributed by atoms with van der Waals surface area (Å²) < 4.78 is 25.7. The average molecular weight is 734 g/mol. The van der Waals surface area contributed by atoms with Crippen LogP contribution in [0.1, 0.15) is 127 Å². The third-order valence-electron chi connectivity index (χ3n) is 10.9. The Balaban J connectivity index is 1.89. The topological polar surface area (TPSA) is 171 Å². The monoisotopic (exact) mass is 733 g/mol. The maximum atomic E-state index is 14.6. The minimum absolute atomic E-state index is 0.0641. The summed E-state index contributed by atoms with van der Waals surface area (Å²) in [5, 5.41) is 11.4. The second kappa shape index (κ2) is 15.8. The highest BCUT2D eigenvalue weighted by molar-refractivity contribution is 7.92. The van der Waals surface area contributed by atoms with E-state index in [2.05, 4.69) is 27.2 Å². The number of nitrogens with zero attached hydrogens (tertiary/aromatic N) is 1. The summed E-state index contributed by atoms with van der Waals surface area (Å²) >= 11 is 0. The van der Waals surface area contributed by atoms with Gasteiger partial charge in [0, 0.05) is 19.0 Å². The van der Waals surface area contributed by atoms with Crippen molar-refractivity contribution in [1.29, 1.82) is 0 Å². The van der Waals surface area contributed by atoms with E-state index in [4.69, 9.17) is 6.42 Å². The predicted octanol–water partition coefficient (Wildman–Crippen LogP) is 3.87. The fourth-order valence-corrected chi connectivity index (χ4v) is 8.80. The Hall–Kier alpha value is -3.14. The van der Waals surface area contributed by atoms with Crippen molar-refractivity contribution in [1.82, 2.24) is 26.2 Å². The molecule has 0 radical (unpaired) electrons. The van der Waals surface area contributed by atoms with Crippen molar-refractivity contribution in [3.63, 3.8) is 0 Å². The lowest BCUT2D eigenvalue weighted by atomic mass is 9.75. The molecule has 1 saturated heterocycles. The summed E-state index contributed by atoms with van der Waals surface area (Å²) in [4.78, 5) is 70.2. The lowest BCUT2D eigenvalue weighted by Crippen LogP contribution is -2.64. The lowest BCUT2D eigenvalue weighted by molar-refractivity contribution is -0.145. The van der Waals surface area contributed by atoms with Crippen molar-refractivity contribution in [2.24, 2.45) is 22.7 Å². The van der Waals surface area contributed by atoms with Crippen LogP contribution in [0.4, 0.5) is 4.79 Å². The predicted molar refractivity (Wildman–Crippen MR) is 198 cm³/mol. The Morgan fingerprint density at radius 1 is 0.941 bits per heavy atom. The van der Waals surface area contributed by atoms with E-state index in [0.717, 1.165) is 25.7 Å². The number of rotatable bonds is 12. The van der Waals surface area contributed by atoms with Crippen LogP contribution >= 0.6 is 0 Å². The molecule has 2 saturated carbocycles. The molecule has 6 unspecified atom stereocenters. The van der Waals surface area contributed by atoms with Gasteiger partial charge < -0.3 is 26.2 Å². The molecule has 4 N–H and O–H groups in total. The largest absolute Gasteiger partial charge is 0.346 e. The van der Waals surface area contributed by atoms with Crippen LogP contribution in [-0.2, 0) is 29.0 Å². The van der Waals surface area contributed by atoms with Crippen molar-refractivity contribution in [2.45, 2.75) is 161 Å². The van der Waals surface area contributed by atoms with Gasteiger partial charge in [-0.15, -0.1) is 12.3 Å². The number of carbonyl (C=O) groups is 5. The number of terminal acetylenes is 1. The Morgan fingerprint density at radius 2 is 1.53 bits per heavy atom. The third kappa shape index (κ3) is 10.7. The molecular formula is C38H63N5O7S. The molecule has 288 valence electrons. The van der Waals surface area contributed by atoms with Crippen molar-refractivity contribution in [3.8, 4) is 12.3 Å². The van der Waals surface area contributed by atoms with Crippen LogP contribution in [0.3, 0.4) is 0 Å². The van der Waals surface area contributed by atoms with Crippen molar-refractivity contribution >= 4 is 39.4 Å². The number of nitrogens with one attached hydrogen (secondary N) is 4. The number of Topliss-reactive ketones (excluding diaryl/α,β-unsaturated/α-hetero) is 1. The Bertz CT molecular complexity index is 1470. The second-order valence-electron chi connectivity index (χ2n) is 18.3. The quantitative estimate of drug-likeness (QED) is 0.174. The molecule has 13 heteroatoms. The number of hydrogen-bond donors (Lipinski definition) is 4. The van der Waals surface area contributed by atoms with Crippen LogP contribution in [0.25, 0.3) is 0 Å². The highest BCUT2D eigenvalue weighted by Crippen LogP contribution is 2.40. The van der Waals surface area contributed by atoms with Gasteiger partial charge in [0.1, 0.15) is 12.1 Å². The third-order valence-corrected chi connectivity index (χ3v) is 13.7. The van der Waals surface area contributed by atoms with E-state index in [-0.39, 0.29) is 43.0 Å². The lowest BCUT2D eigenvalue weighted by Gasteiger charge is -2.41. The molecule has 0 spiro atoms. The highest BCUT2D eigenvalue weighted by Gasteiger charge is 2.51. The van der Waals surface area contributed by atoms with Gasteiger partial charge in [-0.05, 0) is 75.5 Å². The molecule has 1 aliphatic heterocycles. The molecule has 0 aromatic heterocycles. The van der Waals surface area contributed by atoms with Gasteiger partial charge in [0.15, 0.2) is 9.84 Å². The molecule has 2 aliphatic carbocycles. The van der Waals surface area contributed by atoms with Gasteiger partial charge in [0.05, 0.1) is 22.1 Å². The van der Waals surface area contributed by atoms with E-state index in [9.17, 15) is 32.4 Å². The highest BCUT2D eigenvalue weighted by atomic mass is 32.2. The standard InChI is InChI=1S/C38H63N5O7S/c1-12-13-17-26(29(44)32(46)40-27-22-24(27)2)39-31(45)28-25(35(3,4)5)18-21-43(28)33(47)30(36(6,7)8)41-34(48)42-38(19-15-14-16-20-38)23-51(49,50)37(9,10)11/h1,24-28,30H,13-23H2,2-11H3,(H,39,45)(H,40,46)(H2,41,42,48). The minimum Gasteiger partial charge on any atom is -0.346 e. The number of hydrogen-bond acceptors (Lipinski definition) is 7. The van der Waals surface area contributed by atoms with E-state index in [1.807, 2.05) is 48.5 Å². The first kappa shape index (κ1) is 42.3. The molecule has 3 rings (SSSR count). The van der Waals surface area contributed by atoms with E-state index in [1.165, 1.54) is 4.90 Å². The number of ketones is 1. The number of amides is 5. The van der Waals surface area contributed by atoms with Crippen LogP contribution in [0.2, 0.25) is 0 Å². The van der Waals surface area contributed by atoms with Crippen LogP contribution in [0.15, 0.2) is 0 Å². The molecule has 3 aliphatic rings. The molecule has 1 heterocycles. The van der Waals surface area contributed by atoms with Gasteiger partial charge >= 0.3 is 6.03 Å². The smallest absolute Gasteiger partial charge is 0.315 e. The first-order valence-electron chi connectivity index (χ1n) is 18.5. The fourth-order valence-electron chi connectivity index (χ4n) is 7.28. The summed E-state index contributed by atoms with van der Waals surface area (Å²) in [7, 11) is -3.58. The number of carbonyl (C=O) groups excluding carboxylic acids is 5. The SMILES string of the molecule is C#CCCC(NC(=O)C1C(C(C)(C)C)CCN1C(=O)C(NC(=O)NC1(CS(=O)(=O)C(C)(C)C)CCCCC1)C(C)(C)C)C(=O)C(=O)NC1CC1C. The summed E-state index contributed by atoms with van der Waals surface area (Å²) in [6.45, 7) is 18.6. The zero-order chi connectivity index (χ0) is 38.7. The van der Waals surface area contributed by atoms with Crippen LogP contribution in [-0.4, -0.2) is 89.6 Å². The molecule has 0 bridgehead atoms.